The van der Waals surface area contributed by atoms with Crippen LogP contribution in [-0.4, -0.2) is 12.2 Å². The van der Waals surface area contributed by atoms with E-state index in [4.69, 9.17) is 4.74 Å². The lowest BCUT2D eigenvalue weighted by Crippen LogP contribution is -2.46. The molecule has 2 rings (SSSR count). The maximum absolute atomic E-state index is 7.07. The van der Waals surface area contributed by atoms with Crippen LogP contribution in [0, 0.1) is 34.5 Å². The normalized spacial score (nSPS) is 43.0. The molecule has 0 aromatic rings. The molecule has 0 amide bonds. The molecular formula is C24H46O. The summed E-state index contributed by atoms with van der Waals surface area (Å²) in [7, 11) is 0. The molecule has 6 unspecified atom stereocenters. The molecule has 0 heterocycles. The molecule has 0 radical (unpaired) electrons. The van der Waals surface area contributed by atoms with E-state index in [0.29, 0.717) is 23.0 Å². The molecule has 0 bridgehead atoms. The van der Waals surface area contributed by atoms with Gasteiger partial charge in [-0.25, -0.2) is 0 Å². The van der Waals surface area contributed by atoms with Crippen molar-refractivity contribution in [2.24, 2.45) is 34.5 Å². The summed E-state index contributed by atoms with van der Waals surface area (Å²) in [5, 5.41) is 0. The van der Waals surface area contributed by atoms with Crippen LogP contribution in [0.1, 0.15) is 107 Å². The van der Waals surface area contributed by atoms with Gasteiger partial charge in [0.2, 0.25) is 0 Å². The second kappa shape index (κ2) is 8.32. The van der Waals surface area contributed by atoms with Crippen LogP contribution in [0.3, 0.4) is 0 Å². The van der Waals surface area contributed by atoms with Gasteiger partial charge < -0.3 is 4.74 Å². The Labute approximate surface area is 158 Å². The smallest absolute Gasteiger partial charge is 0.0614 e. The third-order valence-corrected chi connectivity index (χ3v) is 8.27. The fourth-order valence-electron chi connectivity index (χ4n) is 5.57. The van der Waals surface area contributed by atoms with E-state index >= 15 is 0 Å². The summed E-state index contributed by atoms with van der Waals surface area (Å²) in [5.74, 6) is 2.99. The van der Waals surface area contributed by atoms with Crippen molar-refractivity contribution in [1.29, 1.82) is 0 Å². The highest BCUT2D eigenvalue weighted by molar-refractivity contribution is 4.93. The van der Waals surface area contributed by atoms with E-state index in [1.54, 1.807) is 0 Å². The number of ether oxygens (including phenoxy) is 1. The van der Waals surface area contributed by atoms with E-state index in [1.165, 1.54) is 51.4 Å². The monoisotopic (exact) mass is 350 g/mol. The first-order chi connectivity index (χ1) is 11.6. The topological polar surface area (TPSA) is 9.23 Å². The fourth-order valence-corrected chi connectivity index (χ4v) is 5.57. The van der Waals surface area contributed by atoms with Crippen molar-refractivity contribution in [1.82, 2.24) is 0 Å². The summed E-state index contributed by atoms with van der Waals surface area (Å²) >= 11 is 0. The summed E-state index contributed by atoms with van der Waals surface area (Å²) in [4.78, 5) is 0. The predicted molar refractivity (Wildman–Crippen MR) is 110 cm³/mol. The predicted octanol–water partition coefficient (Wildman–Crippen LogP) is 7.49. The van der Waals surface area contributed by atoms with Crippen molar-refractivity contribution in [2.45, 2.75) is 119 Å². The van der Waals surface area contributed by atoms with E-state index in [2.05, 4.69) is 55.4 Å². The van der Waals surface area contributed by atoms with Gasteiger partial charge in [0.25, 0.3) is 0 Å². The van der Waals surface area contributed by atoms with Crippen LogP contribution in [-0.2, 0) is 4.74 Å². The average Bonchev–Trinajstić information content (AvgIpc) is 2.54. The molecule has 6 atom stereocenters. The zero-order valence-corrected chi connectivity index (χ0v) is 18.5. The van der Waals surface area contributed by atoms with Crippen LogP contribution in [0.4, 0.5) is 0 Å². The second-order valence-electron chi connectivity index (χ2n) is 10.8. The first-order valence-electron chi connectivity index (χ1n) is 11.3. The highest BCUT2D eigenvalue weighted by Gasteiger charge is 2.44. The largest absolute Gasteiger partial charge is 0.374 e. The minimum atomic E-state index is 0.476. The third-order valence-electron chi connectivity index (χ3n) is 8.27. The van der Waals surface area contributed by atoms with Gasteiger partial charge in [0.1, 0.15) is 0 Å². The molecule has 0 N–H and O–H groups in total. The average molecular weight is 351 g/mol. The molecule has 1 nitrogen and oxygen atoms in total. The van der Waals surface area contributed by atoms with Gasteiger partial charge in [-0.1, -0.05) is 68.2 Å². The van der Waals surface area contributed by atoms with Crippen molar-refractivity contribution in [3.8, 4) is 0 Å². The SMILES string of the molecule is CCC1(C)CCC(C(C)C)C(OC2CC(C)(CC)CCC2C(C)C)C1. The van der Waals surface area contributed by atoms with Crippen LogP contribution in [0.15, 0.2) is 0 Å². The molecule has 1 heteroatoms. The van der Waals surface area contributed by atoms with Crippen LogP contribution < -0.4 is 0 Å². The molecule has 2 aliphatic rings. The minimum Gasteiger partial charge on any atom is -0.374 e. The summed E-state index contributed by atoms with van der Waals surface area (Å²) in [5.41, 5.74) is 0.984. The molecule has 25 heavy (non-hydrogen) atoms. The number of hydrogen-bond donors (Lipinski definition) is 0. The Kier molecular flexibility index (Phi) is 7.08. The molecule has 2 fully saturated rings. The van der Waals surface area contributed by atoms with Gasteiger partial charge in [-0.2, -0.15) is 0 Å². The van der Waals surface area contributed by atoms with Crippen LogP contribution in [0.2, 0.25) is 0 Å². The molecular weight excluding hydrogens is 304 g/mol. The Balaban J connectivity index is 2.17. The Hall–Kier alpha value is -0.0400. The molecule has 0 saturated heterocycles. The molecule has 0 aromatic carbocycles. The summed E-state index contributed by atoms with van der Waals surface area (Å²) < 4.78 is 7.07. The van der Waals surface area contributed by atoms with Gasteiger partial charge in [-0.15, -0.1) is 0 Å². The maximum atomic E-state index is 7.07. The van der Waals surface area contributed by atoms with Gasteiger partial charge in [-0.05, 0) is 73.0 Å². The van der Waals surface area contributed by atoms with E-state index in [9.17, 15) is 0 Å². The summed E-state index contributed by atoms with van der Waals surface area (Å²) in [6, 6.07) is 0. The third kappa shape index (κ3) is 5.02. The molecule has 2 saturated carbocycles. The number of hydrogen-bond acceptors (Lipinski definition) is 1. The van der Waals surface area contributed by atoms with Gasteiger partial charge in [0.05, 0.1) is 12.2 Å². The first-order valence-corrected chi connectivity index (χ1v) is 11.3. The standard InChI is InChI=1S/C24H46O/c1-9-23(7)13-11-19(17(3)4)21(15-23)25-22-16-24(8,10-2)14-12-20(22)18(5)6/h17-22H,9-16H2,1-8H3. The molecule has 0 aromatic heterocycles. The van der Waals surface area contributed by atoms with E-state index in [0.717, 1.165) is 23.7 Å². The van der Waals surface area contributed by atoms with Gasteiger partial charge in [0.15, 0.2) is 0 Å². The van der Waals surface area contributed by atoms with Crippen LogP contribution in [0.25, 0.3) is 0 Å². The molecule has 0 spiro atoms. The lowest BCUT2D eigenvalue weighted by atomic mass is 9.64. The van der Waals surface area contributed by atoms with Crippen molar-refractivity contribution >= 4 is 0 Å². The lowest BCUT2D eigenvalue weighted by Gasteiger charge is -2.49. The Morgan fingerprint density at radius 3 is 1.40 bits per heavy atom. The first kappa shape index (κ1) is 21.3. The van der Waals surface area contributed by atoms with E-state index in [1.807, 2.05) is 0 Å². The zero-order chi connectivity index (χ0) is 18.8. The van der Waals surface area contributed by atoms with E-state index < -0.39 is 0 Å². The van der Waals surface area contributed by atoms with Gasteiger partial charge in [-0.3, -0.25) is 0 Å². The van der Waals surface area contributed by atoms with Crippen molar-refractivity contribution in [2.75, 3.05) is 0 Å². The van der Waals surface area contributed by atoms with Crippen molar-refractivity contribution in [3.05, 3.63) is 0 Å². The van der Waals surface area contributed by atoms with Crippen LogP contribution >= 0.6 is 0 Å². The van der Waals surface area contributed by atoms with Gasteiger partial charge >= 0.3 is 0 Å². The minimum absolute atomic E-state index is 0.476. The van der Waals surface area contributed by atoms with Crippen LogP contribution in [0.5, 0.6) is 0 Å². The summed E-state index contributed by atoms with van der Waals surface area (Å²) in [6.07, 6.45) is 11.6. The molecule has 148 valence electrons. The number of rotatable bonds is 6. The van der Waals surface area contributed by atoms with Crippen molar-refractivity contribution < 1.29 is 4.74 Å². The Morgan fingerprint density at radius 2 is 1.12 bits per heavy atom. The molecule has 0 aliphatic heterocycles. The van der Waals surface area contributed by atoms with Gasteiger partial charge in [0, 0.05) is 0 Å². The second-order valence-corrected chi connectivity index (χ2v) is 10.8. The highest BCUT2D eigenvalue weighted by atomic mass is 16.5. The quantitative estimate of drug-likeness (QED) is 0.482. The van der Waals surface area contributed by atoms with Crippen molar-refractivity contribution in [3.63, 3.8) is 0 Å². The zero-order valence-electron chi connectivity index (χ0n) is 18.5. The fraction of sp³-hybridized carbons (Fsp3) is 1.00. The highest BCUT2D eigenvalue weighted by Crippen LogP contribution is 2.49. The Morgan fingerprint density at radius 1 is 0.760 bits per heavy atom. The molecule has 2 aliphatic carbocycles. The Bertz CT molecular complexity index is 376. The lowest BCUT2D eigenvalue weighted by molar-refractivity contribution is -0.146. The summed E-state index contributed by atoms with van der Waals surface area (Å²) in [6.45, 7) is 19.4. The van der Waals surface area contributed by atoms with E-state index in [-0.39, 0.29) is 0 Å². The maximum Gasteiger partial charge on any atom is 0.0614 e.